The van der Waals surface area contributed by atoms with E-state index in [0.717, 1.165) is 25.7 Å². The molecule has 1 aliphatic rings. The summed E-state index contributed by atoms with van der Waals surface area (Å²) >= 11 is 1.48. The number of ether oxygens (including phenoxy) is 1. The Kier molecular flexibility index (Phi) is 6.24. The summed E-state index contributed by atoms with van der Waals surface area (Å²) in [5.74, 6) is -1.44. The number of rotatable bonds is 5. The van der Waals surface area contributed by atoms with Gasteiger partial charge in [0, 0.05) is 16.1 Å². The third-order valence-electron chi connectivity index (χ3n) is 4.49. The molecular weight excluding hydrogens is 364 g/mol. The van der Waals surface area contributed by atoms with E-state index in [0.29, 0.717) is 16.1 Å². The first-order valence-corrected chi connectivity index (χ1v) is 9.83. The van der Waals surface area contributed by atoms with Gasteiger partial charge < -0.3 is 15.8 Å². The Morgan fingerprint density at radius 1 is 1.04 bits per heavy atom. The van der Waals surface area contributed by atoms with Gasteiger partial charge in [-0.05, 0) is 61.6 Å². The molecule has 0 atom stereocenters. The summed E-state index contributed by atoms with van der Waals surface area (Å²) in [7, 11) is 0. The lowest BCUT2D eigenvalue weighted by atomic mass is 10.00. The second kappa shape index (κ2) is 8.81. The number of carbonyl (C=O) groups excluding carboxylic acids is 3. The van der Waals surface area contributed by atoms with Crippen LogP contribution < -0.4 is 11.1 Å². The quantitative estimate of drug-likeness (QED) is 0.770. The topological polar surface area (TPSA) is 98.5 Å². The van der Waals surface area contributed by atoms with Crippen LogP contribution in [0.2, 0.25) is 0 Å². The number of hydrogen-bond acceptors (Lipinski definition) is 5. The zero-order valence-corrected chi connectivity index (χ0v) is 15.8. The zero-order chi connectivity index (χ0) is 19.2. The lowest BCUT2D eigenvalue weighted by Crippen LogP contribution is -2.20. The van der Waals surface area contributed by atoms with Crippen molar-refractivity contribution in [2.24, 2.45) is 5.73 Å². The van der Waals surface area contributed by atoms with Crippen molar-refractivity contribution >= 4 is 34.8 Å². The summed E-state index contributed by atoms with van der Waals surface area (Å²) in [5, 5.41) is 2.62. The van der Waals surface area contributed by atoms with E-state index >= 15 is 0 Å². The molecule has 2 aromatic rings. The van der Waals surface area contributed by atoms with E-state index < -0.39 is 17.8 Å². The summed E-state index contributed by atoms with van der Waals surface area (Å²) in [6, 6.07) is 8.09. The molecule has 2 amide bonds. The molecule has 0 aliphatic heterocycles. The number of nitrogens with one attached hydrogen (secondary N) is 1. The first-order valence-electron chi connectivity index (χ1n) is 9.01. The third-order valence-corrected chi connectivity index (χ3v) is 5.70. The molecule has 6 nitrogen and oxygen atoms in total. The fraction of sp³-hybridized carbons (Fsp3) is 0.350. The minimum Gasteiger partial charge on any atom is -0.451 e. The molecule has 3 rings (SSSR count). The van der Waals surface area contributed by atoms with Gasteiger partial charge in [-0.1, -0.05) is 12.8 Å². The Morgan fingerprint density at radius 3 is 2.44 bits per heavy atom. The van der Waals surface area contributed by atoms with E-state index in [4.69, 9.17) is 10.5 Å². The second-order valence-electron chi connectivity index (χ2n) is 6.54. The molecule has 0 unspecified atom stereocenters. The van der Waals surface area contributed by atoms with Gasteiger partial charge in [0.25, 0.3) is 5.91 Å². The summed E-state index contributed by atoms with van der Waals surface area (Å²) in [6.45, 7) is -0.362. The highest BCUT2D eigenvalue weighted by molar-refractivity contribution is 7.14. The lowest BCUT2D eigenvalue weighted by molar-refractivity contribution is -0.119. The molecule has 0 bridgehead atoms. The molecule has 0 saturated carbocycles. The molecule has 1 aliphatic carbocycles. The highest BCUT2D eigenvalue weighted by Gasteiger charge is 2.18. The van der Waals surface area contributed by atoms with Gasteiger partial charge in [0.15, 0.2) is 6.61 Å². The number of carbonyl (C=O) groups is 3. The molecule has 7 heteroatoms. The number of aryl methyl sites for hydroxylation is 2. The fourth-order valence-electron chi connectivity index (χ4n) is 3.06. The molecule has 3 N–H and O–H groups in total. The average molecular weight is 386 g/mol. The Hall–Kier alpha value is -2.67. The van der Waals surface area contributed by atoms with E-state index in [-0.39, 0.29) is 6.61 Å². The largest absolute Gasteiger partial charge is 0.451 e. The van der Waals surface area contributed by atoms with Crippen LogP contribution >= 0.6 is 11.3 Å². The monoisotopic (exact) mass is 386 g/mol. The second-order valence-corrected chi connectivity index (χ2v) is 7.68. The normalized spacial score (nSPS) is 13.8. The zero-order valence-electron chi connectivity index (χ0n) is 15.0. The Morgan fingerprint density at radius 2 is 1.74 bits per heavy atom. The first kappa shape index (κ1) is 19.1. The number of hydrogen-bond donors (Lipinski definition) is 2. The van der Waals surface area contributed by atoms with Crippen molar-refractivity contribution in [1.29, 1.82) is 0 Å². The van der Waals surface area contributed by atoms with Crippen molar-refractivity contribution in [3.63, 3.8) is 0 Å². The van der Waals surface area contributed by atoms with Gasteiger partial charge in [-0.25, -0.2) is 4.79 Å². The van der Waals surface area contributed by atoms with Crippen LogP contribution in [0.3, 0.4) is 0 Å². The van der Waals surface area contributed by atoms with Crippen LogP contribution in [0.25, 0.3) is 0 Å². The van der Waals surface area contributed by atoms with Crippen molar-refractivity contribution in [3.05, 3.63) is 51.2 Å². The summed E-state index contributed by atoms with van der Waals surface area (Å²) < 4.78 is 5.15. The third kappa shape index (κ3) is 5.17. The standard InChI is InChI=1S/C20H22N2O4S/c21-19(24)13-7-9-15(10-8-13)22-18(23)12-26-20(25)17-11-14-5-3-1-2-4-6-16(14)27-17/h7-11H,1-6,12H2,(H2,21,24)(H,22,23). The SMILES string of the molecule is NC(=O)c1ccc(NC(=O)COC(=O)c2cc3c(s2)CCCCCC3)cc1. The molecule has 1 aromatic heterocycles. The minimum atomic E-state index is -0.535. The van der Waals surface area contributed by atoms with E-state index in [1.54, 1.807) is 12.1 Å². The van der Waals surface area contributed by atoms with Crippen LogP contribution in [0.15, 0.2) is 30.3 Å². The number of amides is 2. The predicted molar refractivity (Wildman–Crippen MR) is 104 cm³/mol. The maximum absolute atomic E-state index is 12.3. The van der Waals surface area contributed by atoms with Gasteiger partial charge >= 0.3 is 5.97 Å². The van der Waals surface area contributed by atoms with E-state index in [1.807, 2.05) is 6.07 Å². The smallest absolute Gasteiger partial charge is 0.348 e. The van der Waals surface area contributed by atoms with E-state index in [9.17, 15) is 14.4 Å². The number of benzene rings is 1. The Bertz CT molecular complexity index is 817. The highest BCUT2D eigenvalue weighted by atomic mass is 32.1. The molecule has 0 fully saturated rings. The number of primary amides is 1. The van der Waals surface area contributed by atoms with Crippen LogP contribution in [-0.2, 0) is 22.4 Å². The maximum atomic E-state index is 12.3. The van der Waals surface area contributed by atoms with E-state index in [2.05, 4.69) is 5.32 Å². The molecule has 0 radical (unpaired) electrons. The molecule has 27 heavy (non-hydrogen) atoms. The molecule has 142 valence electrons. The molecule has 1 heterocycles. The van der Waals surface area contributed by atoms with Crippen LogP contribution in [0, 0.1) is 0 Å². The minimum absolute atomic E-state index is 0.354. The van der Waals surface area contributed by atoms with Gasteiger partial charge in [0.2, 0.25) is 5.91 Å². The number of thiophene rings is 1. The Labute approximate surface area is 161 Å². The fourth-order valence-corrected chi connectivity index (χ4v) is 4.21. The van der Waals surface area contributed by atoms with Crippen molar-refractivity contribution in [2.45, 2.75) is 38.5 Å². The highest BCUT2D eigenvalue weighted by Crippen LogP contribution is 2.28. The summed E-state index contributed by atoms with van der Waals surface area (Å²) in [5.41, 5.74) is 7.27. The van der Waals surface area contributed by atoms with Crippen molar-refractivity contribution in [2.75, 3.05) is 11.9 Å². The number of esters is 1. The average Bonchev–Trinajstić information content (AvgIpc) is 3.02. The molecule has 0 saturated heterocycles. The number of nitrogens with two attached hydrogens (primary N) is 1. The Balaban J connectivity index is 1.53. The molecule has 1 aromatic carbocycles. The van der Waals surface area contributed by atoms with Gasteiger partial charge in [-0.15, -0.1) is 11.3 Å². The van der Waals surface area contributed by atoms with Gasteiger partial charge in [-0.3, -0.25) is 9.59 Å². The summed E-state index contributed by atoms with van der Waals surface area (Å²) in [6.07, 6.45) is 6.78. The van der Waals surface area contributed by atoms with Crippen LogP contribution in [0.1, 0.15) is 56.2 Å². The van der Waals surface area contributed by atoms with Crippen LogP contribution in [0.4, 0.5) is 5.69 Å². The van der Waals surface area contributed by atoms with Crippen molar-refractivity contribution in [1.82, 2.24) is 0 Å². The number of anilines is 1. The van der Waals surface area contributed by atoms with Crippen LogP contribution in [0.5, 0.6) is 0 Å². The van der Waals surface area contributed by atoms with Crippen molar-refractivity contribution < 1.29 is 19.1 Å². The van der Waals surface area contributed by atoms with Gasteiger partial charge in [0.05, 0.1) is 0 Å². The first-order chi connectivity index (χ1) is 13.0. The van der Waals surface area contributed by atoms with Crippen LogP contribution in [-0.4, -0.2) is 24.4 Å². The number of fused-ring (bicyclic) bond motifs is 1. The predicted octanol–water partition coefficient (Wildman–Crippen LogP) is 3.30. The van der Waals surface area contributed by atoms with E-state index in [1.165, 1.54) is 46.8 Å². The molecular formula is C20H22N2O4S. The van der Waals surface area contributed by atoms with Gasteiger partial charge in [0.1, 0.15) is 4.88 Å². The summed E-state index contributed by atoms with van der Waals surface area (Å²) in [4.78, 5) is 37.1. The molecule has 0 spiro atoms. The van der Waals surface area contributed by atoms with Crippen molar-refractivity contribution in [3.8, 4) is 0 Å². The van der Waals surface area contributed by atoms with Gasteiger partial charge in [-0.2, -0.15) is 0 Å². The maximum Gasteiger partial charge on any atom is 0.348 e. The lowest BCUT2D eigenvalue weighted by Gasteiger charge is -2.07.